The number of aliphatic hydroxyl groups excluding tert-OH is 4. The molecule has 0 amide bonds. The minimum atomic E-state index is -1.69. The maximum Gasteiger partial charge on any atom is 0.250 e. The van der Waals surface area contributed by atoms with E-state index in [9.17, 15) is 24.9 Å². The van der Waals surface area contributed by atoms with Gasteiger partial charge in [0.1, 0.15) is 30.6 Å². The zero-order valence-corrected chi connectivity index (χ0v) is 13.0. The molecule has 1 aromatic heterocycles. The molecule has 0 saturated carbocycles. The number of hydrogen-bond acceptors (Lipinski definition) is 7. The lowest BCUT2D eigenvalue weighted by atomic mass is 10.0. The van der Waals surface area contributed by atoms with Gasteiger partial charge >= 0.3 is 0 Å². The molecule has 0 spiro atoms. The van der Waals surface area contributed by atoms with E-state index in [1.54, 1.807) is 31.3 Å². The Hall–Kier alpha value is -2.26. The maximum absolute atomic E-state index is 11.7. The van der Waals surface area contributed by atoms with Crippen LogP contribution in [0.5, 0.6) is 0 Å². The number of nitrogens with one attached hydrogen (secondary N) is 1. The Labute approximate surface area is 137 Å². The van der Waals surface area contributed by atoms with Gasteiger partial charge in [-0.3, -0.25) is 4.79 Å². The fourth-order valence-corrected chi connectivity index (χ4v) is 2.40. The minimum absolute atomic E-state index is 0.187. The summed E-state index contributed by atoms with van der Waals surface area (Å²) >= 11 is 0. The summed E-state index contributed by atoms with van der Waals surface area (Å²) in [4.78, 5) is 22.9. The number of hydrogen-bond donors (Lipinski definition) is 5. The molecule has 5 N–H and O–H groups in total. The molecule has 0 fully saturated rings. The monoisotopic (exact) mass is 336 g/mol. The van der Waals surface area contributed by atoms with Crippen molar-refractivity contribution in [1.29, 1.82) is 0 Å². The van der Waals surface area contributed by atoms with Crippen molar-refractivity contribution in [3.8, 4) is 0 Å². The van der Waals surface area contributed by atoms with Gasteiger partial charge in [0.2, 0.25) is 0 Å². The largest absolute Gasteiger partial charge is 0.394 e. The van der Waals surface area contributed by atoms with Gasteiger partial charge in [-0.1, -0.05) is 6.07 Å². The molecule has 130 valence electrons. The minimum Gasteiger partial charge on any atom is -0.394 e. The van der Waals surface area contributed by atoms with Crippen LogP contribution in [-0.4, -0.2) is 62.2 Å². The standard InChI is InChI=1S/C16H20N2O6/c1-18-12-6-10(4-2-9(12)3-5-14(18)22)17-11(7-19)15(23)16(24)13(21)8-20/h2-7,11,13,15-17,20-21,23-24H,8H2,1H3/t11-,13+,15+,16+/m1/s1. The lowest BCUT2D eigenvalue weighted by molar-refractivity contribution is -0.117. The quantitative estimate of drug-likeness (QED) is 0.393. The highest BCUT2D eigenvalue weighted by Crippen LogP contribution is 2.19. The number of fused-ring (bicyclic) bond motifs is 1. The fraction of sp³-hybridized carbons (Fsp3) is 0.375. The Morgan fingerprint density at radius 2 is 1.83 bits per heavy atom. The lowest BCUT2D eigenvalue weighted by Gasteiger charge is -2.27. The van der Waals surface area contributed by atoms with Crippen molar-refractivity contribution in [2.24, 2.45) is 7.05 Å². The first-order valence-electron chi connectivity index (χ1n) is 7.35. The number of aldehydes is 1. The number of carbonyl (C=O) groups is 1. The van der Waals surface area contributed by atoms with Gasteiger partial charge in [0.25, 0.3) is 5.56 Å². The van der Waals surface area contributed by atoms with Crippen LogP contribution in [0, 0.1) is 0 Å². The fourth-order valence-electron chi connectivity index (χ4n) is 2.40. The van der Waals surface area contributed by atoms with Crippen LogP contribution in [0.3, 0.4) is 0 Å². The average molecular weight is 336 g/mol. The summed E-state index contributed by atoms with van der Waals surface area (Å²) < 4.78 is 1.44. The van der Waals surface area contributed by atoms with E-state index in [1.807, 2.05) is 0 Å². The van der Waals surface area contributed by atoms with Crippen molar-refractivity contribution < 1.29 is 25.2 Å². The van der Waals surface area contributed by atoms with Gasteiger partial charge in [0.15, 0.2) is 0 Å². The van der Waals surface area contributed by atoms with Crippen molar-refractivity contribution in [2.45, 2.75) is 24.4 Å². The third kappa shape index (κ3) is 3.62. The number of carbonyl (C=O) groups excluding carboxylic acids is 1. The van der Waals surface area contributed by atoms with Crippen LogP contribution in [0.4, 0.5) is 5.69 Å². The number of aromatic nitrogens is 1. The first-order chi connectivity index (χ1) is 11.4. The molecule has 1 aromatic carbocycles. The molecule has 0 unspecified atom stereocenters. The summed E-state index contributed by atoms with van der Waals surface area (Å²) in [5.41, 5.74) is 0.890. The van der Waals surface area contributed by atoms with E-state index >= 15 is 0 Å². The normalized spacial score (nSPS) is 16.4. The molecule has 8 nitrogen and oxygen atoms in total. The summed E-state index contributed by atoms with van der Waals surface area (Å²) in [5.74, 6) is 0. The second-order valence-electron chi connectivity index (χ2n) is 5.54. The topological polar surface area (TPSA) is 132 Å². The Bertz CT molecular complexity index is 775. The maximum atomic E-state index is 11.7. The van der Waals surface area contributed by atoms with Crippen molar-refractivity contribution in [3.05, 3.63) is 40.7 Å². The Balaban J connectivity index is 2.28. The lowest BCUT2D eigenvalue weighted by Crippen LogP contribution is -2.49. The number of nitrogens with zero attached hydrogens (tertiary/aromatic N) is 1. The van der Waals surface area contributed by atoms with Crippen LogP contribution in [-0.2, 0) is 11.8 Å². The van der Waals surface area contributed by atoms with Crippen molar-refractivity contribution >= 4 is 22.9 Å². The second kappa shape index (κ2) is 7.54. The van der Waals surface area contributed by atoms with E-state index in [0.717, 1.165) is 5.39 Å². The van der Waals surface area contributed by atoms with Crippen LogP contribution in [0.25, 0.3) is 10.9 Å². The van der Waals surface area contributed by atoms with E-state index in [4.69, 9.17) is 5.11 Å². The highest BCUT2D eigenvalue weighted by atomic mass is 16.4. The Kier molecular flexibility index (Phi) is 5.68. The van der Waals surface area contributed by atoms with Gasteiger partial charge in [0, 0.05) is 18.8 Å². The Morgan fingerprint density at radius 3 is 2.46 bits per heavy atom. The second-order valence-corrected chi connectivity index (χ2v) is 5.54. The molecular weight excluding hydrogens is 316 g/mol. The zero-order chi connectivity index (χ0) is 17.9. The molecule has 2 aromatic rings. The molecule has 0 aliphatic rings. The SMILES string of the molecule is Cn1c(=O)ccc2ccc(N[C@H](C=O)[C@H](O)[C@@H](O)[C@@H](O)CO)cc21. The first-order valence-corrected chi connectivity index (χ1v) is 7.35. The van der Waals surface area contributed by atoms with Crippen LogP contribution in [0.2, 0.25) is 0 Å². The first kappa shape index (κ1) is 18.1. The van der Waals surface area contributed by atoms with Crippen molar-refractivity contribution in [3.63, 3.8) is 0 Å². The molecule has 0 bridgehead atoms. The van der Waals surface area contributed by atoms with E-state index in [2.05, 4.69) is 5.32 Å². The number of aliphatic hydroxyl groups is 4. The van der Waals surface area contributed by atoms with Gasteiger partial charge in [-0.25, -0.2) is 0 Å². The van der Waals surface area contributed by atoms with E-state index in [-0.39, 0.29) is 5.56 Å². The van der Waals surface area contributed by atoms with Crippen molar-refractivity contribution in [2.75, 3.05) is 11.9 Å². The number of benzene rings is 1. The molecule has 0 aliphatic carbocycles. The summed E-state index contributed by atoms with van der Waals surface area (Å²) in [6.45, 7) is -0.748. The van der Waals surface area contributed by atoms with E-state index in [0.29, 0.717) is 17.5 Å². The zero-order valence-electron chi connectivity index (χ0n) is 13.0. The van der Waals surface area contributed by atoms with Gasteiger partial charge in [-0.15, -0.1) is 0 Å². The van der Waals surface area contributed by atoms with Crippen LogP contribution in [0.15, 0.2) is 35.1 Å². The van der Waals surface area contributed by atoms with E-state index < -0.39 is 31.0 Å². The summed E-state index contributed by atoms with van der Waals surface area (Å²) in [5, 5.41) is 41.4. The molecule has 24 heavy (non-hydrogen) atoms. The van der Waals surface area contributed by atoms with Gasteiger partial charge in [0.05, 0.1) is 12.1 Å². The number of pyridine rings is 1. The van der Waals surface area contributed by atoms with Gasteiger partial charge < -0.3 is 35.1 Å². The predicted molar refractivity (Wildman–Crippen MR) is 87.8 cm³/mol. The van der Waals surface area contributed by atoms with Gasteiger partial charge in [-0.05, 0) is 23.6 Å². The van der Waals surface area contributed by atoms with Crippen LogP contribution < -0.4 is 10.9 Å². The smallest absolute Gasteiger partial charge is 0.250 e. The molecule has 2 rings (SSSR count). The summed E-state index contributed by atoms with van der Waals surface area (Å²) in [6.07, 6.45) is -4.49. The molecule has 4 atom stereocenters. The molecule has 8 heteroatoms. The molecule has 0 saturated heterocycles. The van der Waals surface area contributed by atoms with Gasteiger partial charge in [-0.2, -0.15) is 0 Å². The Morgan fingerprint density at radius 1 is 1.17 bits per heavy atom. The highest BCUT2D eigenvalue weighted by Gasteiger charge is 2.31. The predicted octanol–water partition coefficient (Wildman–Crippen LogP) is -1.41. The molecule has 0 aliphatic heterocycles. The third-order valence-electron chi connectivity index (χ3n) is 3.91. The number of anilines is 1. The molecular formula is C16H20N2O6. The molecule has 0 radical (unpaired) electrons. The van der Waals surface area contributed by atoms with Crippen LogP contribution >= 0.6 is 0 Å². The van der Waals surface area contributed by atoms with E-state index in [1.165, 1.54) is 10.6 Å². The average Bonchev–Trinajstić information content (AvgIpc) is 2.61. The highest BCUT2D eigenvalue weighted by molar-refractivity contribution is 5.83. The molecule has 1 heterocycles. The van der Waals surface area contributed by atoms with Crippen LogP contribution in [0.1, 0.15) is 0 Å². The number of aryl methyl sites for hydroxylation is 1. The number of rotatable bonds is 7. The van der Waals surface area contributed by atoms with Crippen molar-refractivity contribution in [1.82, 2.24) is 4.57 Å². The summed E-state index contributed by atoms with van der Waals surface area (Å²) in [7, 11) is 1.61. The third-order valence-corrected chi connectivity index (χ3v) is 3.91. The summed E-state index contributed by atoms with van der Waals surface area (Å²) in [6, 6.07) is 6.94.